The first kappa shape index (κ1) is 20.6. The van der Waals surface area contributed by atoms with Crippen molar-refractivity contribution >= 4 is 5.91 Å². The maximum absolute atomic E-state index is 12.6. The molecule has 1 heterocycles. The van der Waals surface area contributed by atoms with E-state index in [9.17, 15) is 18.0 Å². The molecule has 0 radical (unpaired) electrons. The number of halogens is 3. The van der Waals surface area contributed by atoms with Gasteiger partial charge < -0.3 is 5.32 Å². The molecule has 0 aliphatic rings. The van der Waals surface area contributed by atoms with E-state index in [1.54, 1.807) is 7.05 Å². The molecule has 152 valence electrons. The van der Waals surface area contributed by atoms with Crippen LogP contribution in [0.25, 0.3) is 11.4 Å². The minimum absolute atomic E-state index is 0.0882. The Kier molecular flexibility index (Phi) is 6.00. The Labute approximate surface area is 166 Å². The molecule has 1 amide bonds. The van der Waals surface area contributed by atoms with Gasteiger partial charge in [-0.1, -0.05) is 49.7 Å². The SMILES string of the molecule is CCCc1ccc(-c2nc(C(=O)NCc3ccc(C(F)(F)F)cc3)n(C)n2)cc1. The van der Waals surface area contributed by atoms with Crippen LogP contribution >= 0.6 is 0 Å². The second-order valence-electron chi connectivity index (χ2n) is 6.71. The molecule has 1 aromatic heterocycles. The summed E-state index contributed by atoms with van der Waals surface area (Å²) in [5, 5.41) is 6.95. The highest BCUT2D eigenvalue weighted by Crippen LogP contribution is 2.29. The molecule has 0 unspecified atom stereocenters. The van der Waals surface area contributed by atoms with Crippen molar-refractivity contribution in [2.24, 2.45) is 7.05 Å². The first-order valence-electron chi connectivity index (χ1n) is 9.22. The van der Waals surface area contributed by atoms with Gasteiger partial charge in [0.1, 0.15) is 0 Å². The number of nitrogens with one attached hydrogen (secondary N) is 1. The van der Waals surface area contributed by atoms with E-state index in [1.165, 1.54) is 22.4 Å². The zero-order valence-corrected chi connectivity index (χ0v) is 16.1. The first-order chi connectivity index (χ1) is 13.8. The number of nitrogens with zero attached hydrogens (tertiary/aromatic N) is 3. The van der Waals surface area contributed by atoms with E-state index in [4.69, 9.17) is 0 Å². The van der Waals surface area contributed by atoms with Crippen LogP contribution in [0.2, 0.25) is 0 Å². The number of carbonyl (C=O) groups is 1. The van der Waals surface area contributed by atoms with Gasteiger partial charge in [0.2, 0.25) is 5.82 Å². The van der Waals surface area contributed by atoms with Gasteiger partial charge in [0.05, 0.1) is 5.56 Å². The van der Waals surface area contributed by atoms with Crippen molar-refractivity contribution in [1.29, 1.82) is 0 Å². The van der Waals surface area contributed by atoms with E-state index in [1.807, 2.05) is 24.3 Å². The van der Waals surface area contributed by atoms with Crippen molar-refractivity contribution in [3.8, 4) is 11.4 Å². The van der Waals surface area contributed by atoms with Gasteiger partial charge in [0.15, 0.2) is 5.82 Å². The lowest BCUT2D eigenvalue weighted by atomic mass is 10.1. The summed E-state index contributed by atoms with van der Waals surface area (Å²) in [7, 11) is 1.62. The fraction of sp³-hybridized carbons (Fsp3) is 0.286. The number of hydrogen-bond acceptors (Lipinski definition) is 3. The van der Waals surface area contributed by atoms with Crippen molar-refractivity contribution < 1.29 is 18.0 Å². The molecular weight excluding hydrogens is 381 g/mol. The molecule has 0 saturated carbocycles. The molecule has 0 atom stereocenters. The molecule has 0 saturated heterocycles. The molecule has 3 rings (SSSR count). The van der Waals surface area contributed by atoms with E-state index in [2.05, 4.69) is 22.3 Å². The Morgan fingerprint density at radius 2 is 1.66 bits per heavy atom. The second kappa shape index (κ2) is 8.46. The fourth-order valence-electron chi connectivity index (χ4n) is 2.89. The van der Waals surface area contributed by atoms with E-state index < -0.39 is 17.6 Å². The van der Waals surface area contributed by atoms with Gasteiger partial charge in [-0.2, -0.15) is 18.3 Å². The summed E-state index contributed by atoms with van der Waals surface area (Å²) in [6.45, 7) is 2.20. The van der Waals surface area contributed by atoms with Crippen molar-refractivity contribution in [3.05, 3.63) is 71.0 Å². The highest BCUT2D eigenvalue weighted by atomic mass is 19.4. The monoisotopic (exact) mass is 402 g/mol. The molecule has 0 aliphatic heterocycles. The molecule has 0 bridgehead atoms. The van der Waals surface area contributed by atoms with Crippen molar-refractivity contribution in [1.82, 2.24) is 20.1 Å². The van der Waals surface area contributed by atoms with Crippen LogP contribution in [0.1, 0.15) is 40.7 Å². The van der Waals surface area contributed by atoms with Crippen LogP contribution in [-0.4, -0.2) is 20.7 Å². The number of carbonyl (C=O) groups excluding carboxylic acids is 1. The zero-order valence-electron chi connectivity index (χ0n) is 16.1. The summed E-state index contributed by atoms with van der Waals surface area (Å²) in [6.07, 6.45) is -2.33. The molecule has 1 N–H and O–H groups in total. The van der Waals surface area contributed by atoms with Crippen LogP contribution in [0.4, 0.5) is 13.2 Å². The Morgan fingerprint density at radius 1 is 1.03 bits per heavy atom. The van der Waals surface area contributed by atoms with Crippen molar-refractivity contribution in [3.63, 3.8) is 0 Å². The largest absolute Gasteiger partial charge is 0.416 e. The summed E-state index contributed by atoms with van der Waals surface area (Å²) >= 11 is 0. The number of alkyl halides is 3. The highest BCUT2D eigenvalue weighted by molar-refractivity contribution is 5.91. The number of amides is 1. The molecule has 0 spiro atoms. The highest BCUT2D eigenvalue weighted by Gasteiger charge is 2.29. The third-order valence-electron chi connectivity index (χ3n) is 4.45. The van der Waals surface area contributed by atoms with Crippen LogP contribution in [-0.2, 0) is 26.2 Å². The standard InChI is InChI=1S/C21H21F3N4O/c1-3-4-14-5-9-16(10-6-14)18-26-19(28(2)27-18)20(29)25-13-15-7-11-17(12-8-15)21(22,23)24/h5-12H,3-4,13H2,1-2H3,(H,25,29). The normalized spacial score (nSPS) is 11.5. The lowest BCUT2D eigenvalue weighted by Gasteiger charge is -2.08. The molecule has 0 fully saturated rings. The summed E-state index contributed by atoms with van der Waals surface area (Å²) in [4.78, 5) is 16.7. The maximum atomic E-state index is 12.6. The average Bonchev–Trinajstić information content (AvgIpc) is 3.08. The molecule has 29 heavy (non-hydrogen) atoms. The van der Waals surface area contributed by atoms with Gasteiger partial charge >= 0.3 is 6.18 Å². The summed E-state index contributed by atoms with van der Waals surface area (Å²) in [5.41, 5.74) is 1.86. The third kappa shape index (κ3) is 5.01. The van der Waals surface area contributed by atoms with Gasteiger partial charge in [-0.15, -0.1) is 0 Å². The van der Waals surface area contributed by atoms with Crippen molar-refractivity contribution in [2.75, 3.05) is 0 Å². The molecule has 3 aromatic rings. The zero-order chi connectivity index (χ0) is 21.0. The molecule has 8 heteroatoms. The second-order valence-corrected chi connectivity index (χ2v) is 6.71. The Balaban J connectivity index is 1.67. The predicted molar refractivity (Wildman–Crippen MR) is 103 cm³/mol. The number of benzene rings is 2. The Morgan fingerprint density at radius 3 is 2.24 bits per heavy atom. The van der Waals surface area contributed by atoms with Crippen LogP contribution in [0.3, 0.4) is 0 Å². The fourth-order valence-corrected chi connectivity index (χ4v) is 2.89. The smallest absolute Gasteiger partial charge is 0.345 e. The summed E-state index contributed by atoms with van der Waals surface area (Å²) in [5.74, 6) is 0.119. The number of aryl methyl sites for hydroxylation is 2. The average molecular weight is 402 g/mol. The minimum atomic E-state index is -4.38. The molecule has 2 aromatic carbocycles. The Bertz CT molecular complexity index is 977. The number of hydrogen-bond donors (Lipinski definition) is 1. The van der Waals surface area contributed by atoms with E-state index in [0.717, 1.165) is 30.5 Å². The lowest BCUT2D eigenvalue weighted by molar-refractivity contribution is -0.137. The third-order valence-corrected chi connectivity index (χ3v) is 4.45. The van der Waals surface area contributed by atoms with Gasteiger partial charge in [0.25, 0.3) is 5.91 Å². The quantitative estimate of drug-likeness (QED) is 0.666. The van der Waals surface area contributed by atoms with E-state index in [-0.39, 0.29) is 12.4 Å². The topological polar surface area (TPSA) is 59.8 Å². The van der Waals surface area contributed by atoms with Crippen LogP contribution in [0.5, 0.6) is 0 Å². The van der Waals surface area contributed by atoms with Crippen molar-refractivity contribution in [2.45, 2.75) is 32.5 Å². The maximum Gasteiger partial charge on any atom is 0.416 e. The van der Waals surface area contributed by atoms with Crippen LogP contribution < -0.4 is 5.32 Å². The van der Waals surface area contributed by atoms with Crippen LogP contribution in [0, 0.1) is 0 Å². The van der Waals surface area contributed by atoms with Gasteiger partial charge in [-0.25, -0.2) is 9.67 Å². The molecule has 0 aliphatic carbocycles. The lowest BCUT2D eigenvalue weighted by Crippen LogP contribution is -2.26. The summed E-state index contributed by atoms with van der Waals surface area (Å²) < 4.78 is 39.2. The predicted octanol–water partition coefficient (Wildman–Crippen LogP) is 4.38. The van der Waals surface area contributed by atoms with Gasteiger partial charge in [-0.3, -0.25) is 4.79 Å². The summed E-state index contributed by atoms with van der Waals surface area (Å²) in [6, 6.07) is 12.5. The van der Waals surface area contributed by atoms with Gasteiger partial charge in [-0.05, 0) is 29.7 Å². The van der Waals surface area contributed by atoms with E-state index >= 15 is 0 Å². The first-order valence-corrected chi connectivity index (χ1v) is 9.22. The molecular formula is C21H21F3N4O. The number of aromatic nitrogens is 3. The van der Waals surface area contributed by atoms with Gasteiger partial charge in [0, 0.05) is 19.2 Å². The van der Waals surface area contributed by atoms with E-state index in [0.29, 0.717) is 11.4 Å². The number of rotatable bonds is 6. The minimum Gasteiger partial charge on any atom is -0.345 e. The van der Waals surface area contributed by atoms with Crippen LogP contribution in [0.15, 0.2) is 48.5 Å². The molecule has 5 nitrogen and oxygen atoms in total. The Hall–Kier alpha value is -3.16.